The van der Waals surface area contributed by atoms with Crippen LogP contribution in [0.25, 0.3) is 0 Å². The molecule has 4 heteroatoms. The first-order chi connectivity index (χ1) is 13.2. The number of hydrogen-bond acceptors (Lipinski definition) is 3. The van der Waals surface area contributed by atoms with E-state index in [1.807, 2.05) is 0 Å². The molecule has 0 aliphatic heterocycles. The smallest absolute Gasteiger partial charge is 0.303 e. The van der Waals surface area contributed by atoms with Crippen molar-refractivity contribution in [1.82, 2.24) is 0 Å². The number of hydrogen-bond donors (Lipinski definition) is 3. The summed E-state index contributed by atoms with van der Waals surface area (Å²) in [5, 5.41) is 31.8. The minimum Gasteiger partial charge on any atom is -0.481 e. The molecule has 0 amide bonds. The van der Waals surface area contributed by atoms with Gasteiger partial charge in [-0.2, -0.15) is 0 Å². The van der Waals surface area contributed by atoms with Gasteiger partial charge in [0, 0.05) is 6.42 Å². The molecule has 158 valence electrons. The number of fused-ring (bicyclic) bond motifs is 5. The second-order valence-electron chi connectivity index (χ2n) is 10.9. The standard InChI is InChI=1S/C24H38O4/c1-14(7-10-21(27)28)16-8-9-17-22-18(13-20(26)24(16,17)3)23(2)11-5-4-6-15(23)12-19(22)25/h4,6,14-20,22,25-26H,5,7-13H2,1-3H3,(H,27,28)/t14-,15+,16-,17+,18+,19-,20+,22+,23+,24-/m1/s1. The third-order valence-corrected chi connectivity index (χ3v) is 9.86. The van der Waals surface area contributed by atoms with E-state index in [2.05, 4.69) is 32.9 Å². The van der Waals surface area contributed by atoms with Gasteiger partial charge in [0.15, 0.2) is 0 Å². The number of aliphatic carboxylic acids is 1. The lowest BCUT2D eigenvalue weighted by Crippen LogP contribution is -2.61. The molecule has 3 fully saturated rings. The van der Waals surface area contributed by atoms with E-state index in [4.69, 9.17) is 5.11 Å². The van der Waals surface area contributed by atoms with Crippen LogP contribution in [-0.4, -0.2) is 33.5 Å². The summed E-state index contributed by atoms with van der Waals surface area (Å²) in [4.78, 5) is 11.1. The Morgan fingerprint density at radius 2 is 1.93 bits per heavy atom. The number of carbonyl (C=O) groups is 1. The highest BCUT2D eigenvalue weighted by atomic mass is 16.4. The van der Waals surface area contributed by atoms with E-state index < -0.39 is 5.97 Å². The van der Waals surface area contributed by atoms with Crippen molar-refractivity contribution in [3.05, 3.63) is 12.2 Å². The summed E-state index contributed by atoms with van der Waals surface area (Å²) < 4.78 is 0. The van der Waals surface area contributed by atoms with Gasteiger partial charge in [-0.15, -0.1) is 0 Å². The molecule has 0 aromatic heterocycles. The topological polar surface area (TPSA) is 77.8 Å². The van der Waals surface area contributed by atoms with E-state index in [0.717, 1.165) is 38.5 Å². The van der Waals surface area contributed by atoms with Crippen molar-refractivity contribution in [3.63, 3.8) is 0 Å². The van der Waals surface area contributed by atoms with Gasteiger partial charge in [0.1, 0.15) is 0 Å². The van der Waals surface area contributed by atoms with E-state index in [0.29, 0.717) is 36.0 Å². The van der Waals surface area contributed by atoms with E-state index in [-0.39, 0.29) is 35.4 Å². The van der Waals surface area contributed by atoms with E-state index in [9.17, 15) is 15.0 Å². The lowest BCUT2D eigenvalue weighted by Gasteiger charge is -2.62. The predicted octanol–water partition coefficient (Wildman–Crippen LogP) is 4.25. The van der Waals surface area contributed by atoms with E-state index in [1.54, 1.807) is 0 Å². The van der Waals surface area contributed by atoms with Crippen LogP contribution in [0, 0.1) is 46.3 Å². The molecule has 0 heterocycles. The quantitative estimate of drug-likeness (QED) is 0.627. The molecule has 0 saturated heterocycles. The summed E-state index contributed by atoms with van der Waals surface area (Å²) in [5.74, 6) is 1.33. The summed E-state index contributed by atoms with van der Waals surface area (Å²) in [5.41, 5.74) is -0.0122. The van der Waals surface area contributed by atoms with Crippen molar-refractivity contribution in [2.45, 2.75) is 84.3 Å². The molecule has 0 unspecified atom stereocenters. The van der Waals surface area contributed by atoms with Gasteiger partial charge in [-0.05, 0) is 91.3 Å². The van der Waals surface area contributed by atoms with Crippen molar-refractivity contribution in [1.29, 1.82) is 0 Å². The zero-order chi connectivity index (χ0) is 20.3. The Kier molecular flexibility index (Phi) is 5.19. The van der Waals surface area contributed by atoms with Crippen molar-refractivity contribution >= 4 is 5.97 Å². The van der Waals surface area contributed by atoms with Crippen LogP contribution in [0.1, 0.15) is 72.1 Å². The SMILES string of the molecule is C[C@H](CCC(=O)O)[C@H]1CC[C@H]2[C@@H]3[C@H](O)C[C@@H]4C=CCC[C@]4(C)[C@H]3C[C@H](O)[C@]12C. The van der Waals surface area contributed by atoms with Crippen LogP contribution in [-0.2, 0) is 4.79 Å². The second kappa shape index (κ2) is 7.12. The van der Waals surface area contributed by atoms with Gasteiger partial charge in [0.2, 0.25) is 0 Å². The Hall–Kier alpha value is -0.870. The minimum atomic E-state index is -0.733. The third-order valence-electron chi connectivity index (χ3n) is 9.86. The predicted molar refractivity (Wildman–Crippen MR) is 109 cm³/mol. The number of carboxylic acids is 1. The first kappa shape index (κ1) is 20.4. The summed E-state index contributed by atoms with van der Waals surface area (Å²) >= 11 is 0. The highest BCUT2D eigenvalue weighted by Gasteiger charge is 2.65. The maximum Gasteiger partial charge on any atom is 0.303 e. The molecule has 10 atom stereocenters. The van der Waals surface area contributed by atoms with Crippen LogP contribution in [0.15, 0.2) is 12.2 Å². The third kappa shape index (κ3) is 2.89. The van der Waals surface area contributed by atoms with Crippen molar-refractivity contribution < 1.29 is 20.1 Å². The lowest BCUT2D eigenvalue weighted by atomic mass is 9.44. The molecule has 4 rings (SSSR count). The minimum absolute atomic E-state index is 0.188. The maximum atomic E-state index is 11.4. The lowest BCUT2D eigenvalue weighted by molar-refractivity contribution is -0.191. The van der Waals surface area contributed by atoms with Crippen LogP contribution in [0.4, 0.5) is 0 Å². The molecule has 3 N–H and O–H groups in total. The molecule has 0 aromatic carbocycles. The van der Waals surface area contributed by atoms with Gasteiger partial charge in [0.25, 0.3) is 0 Å². The van der Waals surface area contributed by atoms with E-state index >= 15 is 0 Å². The maximum absolute atomic E-state index is 11.4. The molecule has 4 aliphatic rings. The number of allylic oxidation sites excluding steroid dienone is 2. The average Bonchev–Trinajstić information content (AvgIpc) is 3.00. The number of aliphatic hydroxyl groups is 2. The van der Waals surface area contributed by atoms with Crippen LogP contribution in [0.2, 0.25) is 0 Å². The fourth-order valence-electron chi connectivity index (χ4n) is 8.27. The van der Waals surface area contributed by atoms with Gasteiger partial charge in [-0.3, -0.25) is 4.79 Å². The fourth-order valence-corrected chi connectivity index (χ4v) is 8.27. The van der Waals surface area contributed by atoms with Crippen LogP contribution < -0.4 is 0 Å². The Labute approximate surface area is 169 Å². The normalized spacial score (nSPS) is 51.1. The Bertz CT molecular complexity index is 645. The number of carboxylic acid groups (broad SMARTS) is 1. The zero-order valence-corrected chi connectivity index (χ0v) is 17.7. The van der Waals surface area contributed by atoms with Crippen LogP contribution in [0.5, 0.6) is 0 Å². The van der Waals surface area contributed by atoms with Gasteiger partial charge < -0.3 is 15.3 Å². The van der Waals surface area contributed by atoms with Gasteiger partial charge in [-0.25, -0.2) is 0 Å². The van der Waals surface area contributed by atoms with Gasteiger partial charge >= 0.3 is 5.97 Å². The van der Waals surface area contributed by atoms with E-state index in [1.165, 1.54) is 0 Å². The summed E-state index contributed by atoms with van der Waals surface area (Å²) in [7, 11) is 0. The first-order valence-corrected chi connectivity index (χ1v) is 11.4. The van der Waals surface area contributed by atoms with Crippen molar-refractivity contribution in [3.8, 4) is 0 Å². The molecule has 0 bridgehead atoms. The Morgan fingerprint density at radius 1 is 1.18 bits per heavy atom. The second-order valence-corrected chi connectivity index (χ2v) is 10.9. The summed E-state index contributed by atoms with van der Waals surface area (Å²) in [6.45, 7) is 6.82. The van der Waals surface area contributed by atoms with Crippen LogP contribution >= 0.6 is 0 Å². The first-order valence-electron chi connectivity index (χ1n) is 11.4. The molecular formula is C24H38O4. The molecular weight excluding hydrogens is 352 g/mol. The Balaban J connectivity index is 1.62. The van der Waals surface area contributed by atoms with Crippen molar-refractivity contribution in [2.75, 3.05) is 0 Å². The molecule has 28 heavy (non-hydrogen) atoms. The van der Waals surface area contributed by atoms with Gasteiger partial charge in [0.05, 0.1) is 12.2 Å². The highest BCUT2D eigenvalue weighted by molar-refractivity contribution is 5.66. The molecule has 0 spiro atoms. The molecule has 0 aromatic rings. The van der Waals surface area contributed by atoms with Gasteiger partial charge in [-0.1, -0.05) is 32.9 Å². The summed E-state index contributed by atoms with van der Waals surface area (Å²) in [6, 6.07) is 0. The number of rotatable bonds is 4. The fraction of sp³-hybridized carbons (Fsp3) is 0.875. The van der Waals surface area contributed by atoms with Crippen LogP contribution in [0.3, 0.4) is 0 Å². The monoisotopic (exact) mass is 390 g/mol. The molecule has 4 nitrogen and oxygen atoms in total. The zero-order valence-electron chi connectivity index (χ0n) is 17.7. The molecule has 0 radical (unpaired) electrons. The Morgan fingerprint density at radius 3 is 2.64 bits per heavy atom. The number of aliphatic hydroxyl groups excluding tert-OH is 2. The largest absolute Gasteiger partial charge is 0.481 e. The molecule has 4 aliphatic carbocycles. The molecule has 3 saturated carbocycles. The average molecular weight is 391 g/mol. The van der Waals surface area contributed by atoms with Crippen molar-refractivity contribution in [2.24, 2.45) is 46.3 Å². The highest BCUT2D eigenvalue weighted by Crippen LogP contribution is 2.67. The summed E-state index contributed by atoms with van der Waals surface area (Å²) in [6.07, 6.45) is 10.9.